The zero-order chi connectivity index (χ0) is 21.3. The Morgan fingerprint density at radius 3 is 2.67 bits per heavy atom. The first-order chi connectivity index (χ1) is 14.5. The van der Waals surface area contributed by atoms with Crippen molar-refractivity contribution in [3.05, 3.63) is 53.4 Å². The highest BCUT2D eigenvalue weighted by atomic mass is 32.1. The molecule has 0 saturated carbocycles. The molecule has 4 rings (SSSR count). The summed E-state index contributed by atoms with van der Waals surface area (Å²) < 4.78 is 15.3. The Bertz CT molecular complexity index is 1140. The molecule has 0 spiro atoms. The average molecular weight is 425 g/mol. The lowest BCUT2D eigenvalue weighted by molar-refractivity contribution is -0.140. The summed E-state index contributed by atoms with van der Waals surface area (Å²) in [5.41, 5.74) is 3.64. The van der Waals surface area contributed by atoms with Crippen LogP contribution in [0.25, 0.3) is 20.9 Å². The van der Waals surface area contributed by atoms with E-state index in [1.165, 1.54) is 25.6 Å². The number of nitrogens with zero attached hydrogens (tertiary/aromatic N) is 3. The molecule has 0 amide bonds. The van der Waals surface area contributed by atoms with E-state index in [1.54, 1.807) is 11.1 Å². The minimum atomic E-state index is -0.628. The van der Waals surface area contributed by atoms with Crippen LogP contribution in [-0.2, 0) is 23.8 Å². The van der Waals surface area contributed by atoms with Crippen molar-refractivity contribution in [2.75, 3.05) is 32.5 Å². The van der Waals surface area contributed by atoms with Gasteiger partial charge in [0.1, 0.15) is 27.8 Å². The summed E-state index contributed by atoms with van der Waals surface area (Å²) in [6, 6.07) is 9.55. The van der Waals surface area contributed by atoms with Gasteiger partial charge >= 0.3 is 11.9 Å². The highest BCUT2D eigenvalue weighted by molar-refractivity contribution is 7.21. The topological polar surface area (TPSA) is 90.9 Å². The Morgan fingerprint density at radius 1 is 1.17 bits per heavy atom. The molecule has 8 nitrogen and oxygen atoms in total. The summed E-state index contributed by atoms with van der Waals surface area (Å²) in [7, 11) is 2.53. The van der Waals surface area contributed by atoms with E-state index in [0.29, 0.717) is 0 Å². The van der Waals surface area contributed by atoms with E-state index in [-0.39, 0.29) is 24.6 Å². The maximum atomic E-state index is 12.5. The smallest absolute Gasteiger partial charge is 0.355 e. The van der Waals surface area contributed by atoms with E-state index in [9.17, 15) is 9.59 Å². The number of fused-ring (bicyclic) bond motifs is 1. The zero-order valence-electron chi connectivity index (χ0n) is 16.7. The van der Waals surface area contributed by atoms with Crippen molar-refractivity contribution in [3.63, 3.8) is 0 Å². The van der Waals surface area contributed by atoms with E-state index in [2.05, 4.69) is 9.97 Å². The van der Waals surface area contributed by atoms with Gasteiger partial charge in [0, 0.05) is 17.4 Å². The van der Waals surface area contributed by atoms with Crippen molar-refractivity contribution in [2.45, 2.75) is 6.92 Å². The maximum absolute atomic E-state index is 12.5. The number of aryl methyl sites for hydroxylation is 1. The lowest BCUT2D eigenvalue weighted by Gasteiger charge is -2.32. The molecule has 0 N–H and O–H groups in total. The standard InChI is InChI=1S/C21H19N3O5S/c1-12-9-13(18-23-15-5-4-8-22-19(15)30-18)6-7-16(12)24-11-29-10-14(20(25)27-2)17(24)21(26)28-3/h4-9H,10-11H2,1-3H3. The van der Waals surface area contributed by atoms with Gasteiger partial charge in [-0.05, 0) is 42.8 Å². The second-order valence-electron chi connectivity index (χ2n) is 6.56. The van der Waals surface area contributed by atoms with Gasteiger partial charge in [-0.15, -0.1) is 0 Å². The fraction of sp³-hybridized carbons (Fsp3) is 0.238. The molecule has 3 aromatic rings. The number of hydrogen-bond donors (Lipinski definition) is 0. The largest absolute Gasteiger partial charge is 0.466 e. The van der Waals surface area contributed by atoms with Crippen molar-refractivity contribution in [1.82, 2.24) is 9.97 Å². The van der Waals surface area contributed by atoms with Crippen molar-refractivity contribution in [2.24, 2.45) is 0 Å². The van der Waals surface area contributed by atoms with E-state index in [4.69, 9.17) is 14.2 Å². The predicted molar refractivity (Wildman–Crippen MR) is 112 cm³/mol. The van der Waals surface area contributed by atoms with Gasteiger partial charge in [-0.25, -0.2) is 19.6 Å². The van der Waals surface area contributed by atoms with Crippen molar-refractivity contribution < 1.29 is 23.8 Å². The first kappa shape index (κ1) is 20.0. The van der Waals surface area contributed by atoms with E-state index >= 15 is 0 Å². The minimum absolute atomic E-state index is 0.0244. The molecule has 2 aromatic heterocycles. The van der Waals surface area contributed by atoms with Gasteiger partial charge in [-0.3, -0.25) is 0 Å². The minimum Gasteiger partial charge on any atom is -0.466 e. The van der Waals surface area contributed by atoms with Crippen LogP contribution < -0.4 is 4.90 Å². The molecular formula is C21H19N3O5S. The molecule has 0 unspecified atom stereocenters. The molecule has 0 saturated heterocycles. The van der Waals surface area contributed by atoms with Gasteiger partial charge in [0.15, 0.2) is 0 Å². The van der Waals surface area contributed by atoms with Gasteiger partial charge in [0.05, 0.1) is 26.4 Å². The number of aromatic nitrogens is 2. The summed E-state index contributed by atoms with van der Waals surface area (Å²) in [6.45, 7) is 2.01. The summed E-state index contributed by atoms with van der Waals surface area (Å²) in [5, 5.41) is 0.854. The summed E-state index contributed by atoms with van der Waals surface area (Å²) >= 11 is 1.51. The normalized spacial score (nSPS) is 14.2. The Hall–Kier alpha value is -3.30. The molecule has 1 aliphatic rings. The summed E-state index contributed by atoms with van der Waals surface area (Å²) in [6.07, 6.45) is 1.74. The third-order valence-corrected chi connectivity index (χ3v) is 5.76. The fourth-order valence-electron chi connectivity index (χ4n) is 3.32. The number of benzene rings is 1. The van der Waals surface area contributed by atoms with Crippen molar-refractivity contribution in [3.8, 4) is 10.6 Å². The van der Waals surface area contributed by atoms with Gasteiger partial charge in [-0.2, -0.15) is 0 Å². The molecule has 9 heteroatoms. The number of methoxy groups -OCH3 is 2. The van der Waals surface area contributed by atoms with Crippen LogP contribution in [0.2, 0.25) is 0 Å². The highest BCUT2D eigenvalue weighted by Gasteiger charge is 2.33. The second kappa shape index (κ2) is 8.21. The van der Waals surface area contributed by atoms with Crippen LogP contribution in [0, 0.1) is 6.92 Å². The average Bonchev–Trinajstić information content (AvgIpc) is 3.22. The number of carbonyl (C=O) groups excluding carboxylic acids is 2. The molecule has 30 heavy (non-hydrogen) atoms. The Kier molecular flexibility index (Phi) is 5.47. The van der Waals surface area contributed by atoms with Crippen LogP contribution in [0.4, 0.5) is 5.69 Å². The van der Waals surface area contributed by atoms with Crippen LogP contribution >= 0.6 is 11.3 Å². The van der Waals surface area contributed by atoms with Crippen LogP contribution in [0.15, 0.2) is 47.8 Å². The lowest BCUT2D eigenvalue weighted by atomic mass is 10.1. The molecule has 154 valence electrons. The van der Waals surface area contributed by atoms with E-state index in [0.717, 1.165) is 32.2 Å². The van der Waals surface area contributed by atoms with Gasteiger partial charge < -0.3 is 19.1 Å². The first-order valence-corrected chi connectivity index (χ1v) is 9.92. The van der Waals surface area contributed by atoms with Crippen molar-refractivity contribution in [1.29, 1.82) is 0 Å². The molecule has 0 aliphatic carbocycles. The van der Waals surface area contributed by atoms with Gasteiger partial charge in [-0.1, -0.05) is 11.3 Å². The van der Waals surface area contributed by atoms with Crippen molar-refractivity contribution >= 4 is 39.3 Å². The predicted octanol–water partition coefficient (Wildman–Crippen LogP) is 3.06. The number of pyridine rings is 1. The zero-order valence-corrected chi connectivity index (χ0v) is 17.5. The highest BCUT2D eigenvalue weighted by Crippen LogP contribution is 2.34. The number of rotatable bonds is 4. The summed E-state index contributed by atoms with van der Waals surface area (Å²) in [5.74, 6) is -1.25. The Morgan fingerprint density at radius 2 is 1.97 bits per heavy atom. The number of hydrogen-bond acceptors (Lipinski definition) is 9. The molecule has 0 atom stereocenters. The SMILES string of the molecule is COC(=O)C1=C(C(=O)OC)N(c2ccc(-c3nc4cccnc4s3)cc2C)COC1. The van der Waals surface area contributed by atoms with E-state index in [1.807, 2.05) is 37.3 Å². The quantitative estimate of drug-likeness (QED) is 0.589. The summed E-state index contributed by atoms with van der Waals surface area (Å²) in [4.78, 5) is 36.1. The van der Waals surface area contributed by atoms with Crippen LogP contribution in [0.5, 0.6) is 0 Å². The Balaban J connectivity index is 1.76. The first-order valence-electron chi connectivity index (χ1n) is 9.11. The third-order valence-electron chi connectivity index (χ3n) is 4.73. The number of thiazole rings is 1. The molecule has 3 heterocycles. The number of anilines is 1. The fourth-order valence-corrected chi connectivity index (χ4v) is 4.22. The molecule has 0 fully saturated rings. The number of carbonyl (C=O) groups is 2. The molecule has 1 aliphatic heterocycles. The lowest BCUT2D eigenvalue weighted by Crippen LogP contribution is -2.39. The van der Waals surface area contributed by atoms with Crippen LogP contribution in [0.1, 0.15) is 5.56 Å². The second-order valence-corrected chi connectivity index (χ2v) is 7.54. The Labute approximate surface area is 176 Å². The van der Waals surface area contributed by atoms with E-state index < -0.39 is 11.9 Å². The van der Waals surface area contributed by atoms with Gasteiger partial charge in [0.2, 0.25) is 0 Å². The molecular weight excluding hydrogens is 406 g/mol. The van der Waals surface area contributed by atoms with Gasteiger partial charge in [0.25, 0.3) is 0 Å². The number of ether oxygens (including phenoxy) is 3. The maximum Gasteiger partial charge on any atom is 0.355 e. The molecule has 0 bridgehead atoms. The van der Waals surface area contributed by atoms with Crippen LogP contribution in [-0.4, -0.2) is 49.5 Å². The van der Waals surface area contributed by atoms with Crippen LogP contribution in [0.3, 0.4) is 0 Å². The number of esters is 2. The monoisotopic (exact) mass is 425 g/mol. The molecule has 0 radical (unpaired) electrons. The molecule has 1 aromatic carbocycles. The third kappa shape index (κ3) is 3.53.